The molecule has 0 atom stereocenters. The minimum atomic E-state index is -0.432. The monoisotopic (exact) mass is 315 g/mol. The quantitative estimate of drug-likeness (QED) is 0.793. The summed E-state index contributed by atoms with van der Waals surface area (Å²) in [6.45, 7) is 2.85. The van der Waals surface area contributed by atoms with Gasteiger partial charge >= 0.3 is 0 Å². The number of aromatic nitrogens is 2. The van der Waals surface area contributed by atoms with Crippen molar-refractivity contribution in [3.05, 3.63) is 35.1 Å². The lowest BCUT2D eigenvalue weighted by Crippen LogP contribution is -2.05. The van der Waals surface area contributed by atoms with Crippen molar-refractivity contribution in [1.29, 1.82) is 5.26 Å². The third kappa shape index (κ3) is 3.93. The van der Waals surface area contributed by atoms with Crippen LogP contribution in [0.25, 0.3) is 11.3 Å². The Morgan fingerprint density at radius 2 is 2.09 bits per heavy atom. The van der Waals surface area contributed by atoms with Gasteiger partial charge in [-0.3, -0.25) is 0 Å². The molecular formula is C16H18FN5O. The molecule has 0 saturated carbocycles. The van der Waals surface area contributed by atoms with Gasteiger partial charge in [-0.2, -0.15) is 10.2 Å². The van der Waals surface area contributed by atoms with Crippen LogP contribution in [0.5, 0.6) is 0 Å². The van der Waals surface area contributed by atoms with E-state index in [2.05, 4.69) is 16.9 Å². The van der Waals surface area contributed by atoms with Gasteiger partial charge in [0.2, 0.25) is 5.95 Å². The van der Waals surface area contributed by atoms with E-state index in [-0.39, 0.29) is 29.6 Å². The number of rotatable bonds is 6. The van der Waals surface area contributed by atoms with Gasteiger partial charge in [0, 0.05) is 17.7 Å². The highest BCUT2D eigenvalue weighted by molar-refractivity contribution is 5.73. The van der Waals surface area contributed by atoms with Crippen LogP contribution in [0, 0.1) is 17.1 Å². The number of unbranched alkanes of at least 4 members (excludes halogenated alkanes) is 1. The molecule has 7 heteroatoms. The average molecular weight is 315 g/mol. The van der Waals surface area contributed by atoms with Gasteiger partial charge in [0.05, 0.1) is 12.3 Å². The molecule has 4 N–H and O–H groups in total. The Kier molecular flexibility index (Phi) is 5.44. The SMILES string of the molecule is CCCCOCc1ccc(-c2nc(N)nc(N)c2C#N)cc1F. The van der Waals surface area contributed by atoms with Crippen molar-refractivity contribution in [3.8, 4) is 17.3 Å². The molecule has 23 heavy (non-hydrogen) atoms. The van der Waals surface area contributed by atoms with Gasteiger partial charge in [-0.25, -0.2) is 9.37 Å². The first kappa shape index (κ1) is 16.6. The molecule has 0 spiro atoms. The molecule has 2 rings (SSSR count). The van der Waals surface area contributed by atoms with Crippen LogP contribution in [0.2, 0.25) is 0 Å². The summed E-state index contributed by atoms with van der Waals surface area (Å²) in [5, 5.41) is 9.18. The van der Waals surface area contributed by atoms with Crippen LogP contribution < -0.4 is 11.5 Å². The number of benzene rings is 1. The van der Waals surface area contributed by atoms with E-state index in [1.54, 1.807) is 12.1 Å². The summed E-state index contributed by atoms with van der Waals surface area (Å²) in [5.41, 5.74) is 12.4. The lowest BCUT2D eigenvalue weighted by molar-refractivity contribution is 0.116. The average Bonchev–Trinajstić information content (AvgIpc) is 2.52. The Bertz CT molecular complexity index is 742. The summed E-state index contributed by atoms with van der Waals surface area (Å²) < 4.78 is 19.6. The third-order valence-corrected chi connectivity index (χ3v) is 3.29. The highest BCUT2D eigenvalue weighted by Crippen LogP contribution is 2.27. The van der Waals surface area contributed by atoms with E-state index in [1.807, 2.05) is 6.07 Å². The smallest absolute Gasteiger partial charge is 0.222 e. The Labute approximate surface area is 133 Å². The van der Waals surface area contributed by atoms with Gasteiger partial charge in [-0.15, -0.1) is 0 Å². The molecule has 1 heterocycles. The molecule has 120 valence electrons. The predicted molar refractivity (Wildman–Crippen MR) is 85.5 cm³/mol. The van der Waals surface area contributed by atoms with Gasteiger partial charge in [0.1, 0.15) is 23.3 Å². The predicted octanol–water partition coefficient (Wildman–Crippen LogP) is 2.64. The van der Waals surface area contributed by atoms with Crippen molar-refractivity contribution in [3.63, 3.8) is 0 Å². The van der Waals surface area contributed by atoms with Crippen LogP contribution in [0.15, 0.2) is 18.2 Å². The third-order valence-electron chi connectivity index (χ3n) is 3.29. The molecule has 0 aliphatic heterocycles. The second kappa shape index (κ2) is 7.51. The second-order valence-corrected chi connectivity index (χ2v) is 5.01. The van der Waals surface area contributed by atoms with E-state index in [9.17, 15) is 9.65 Å². The Balaban J connectivity index is 2.29. The van der Waals surface area contributed by atoms with Crippen molar-refractivity contribution >= 4 is 11.8 Å². The molecule has 0 aliphatic rings. The largest absolute Gasteiger partial charge is 0.382 e. The molecule has 1 aromatic heterocycles. The van der Waals surface area contributed by atoms with E-state index in [4.69, 9.17) is 16.2 Å². The molecule has 0 fully saturated rings. The molecule has 0 amide bonds. The Morgan fingerprint density at radius 1 is 1.30 bits per heavy atom. The van der Waals surface area contributed by atoms with E-state index < -0.39 is 5.82 Å². The Hall–Kier alpha value is -2.72. The van der Waals surface area contributed by atoms with Gasteiger partial charge in [-0.05, 0) is 12.5 Å². The molecule has 0 saturated heterocycles. The zero-order chi connectivity index (χ0) is 16.8. The lowest BCUT2D eigenvalue weighted by Gasteiger charge is -2.09. The summed E-state index contributed by atoms with van der Waals surface area (Å²) in [4.78, 5) is 7.74. The van der Waals surface area contributed by atoms with E-state index in [0.29, 0.717) is 17.7 Å². The maximum absolute atomic E-state index is 14.2. The summed E-state index contributed by atoms with van der Waals surface area (Å²) in [6, 6.07) is 6.47. The molecule has 1 aromatic carbocycles. The molecule has 0 aliphatic carbocycles. The van der Waals surface area contributed by atoms with Crippen LogP contribution in [0.4, 0.5) is 16.2 Å². The van der Waals surface area contributed by atoms with E-state index in [1.165, 1.54) is 6.07 Å². The number of hydrogen-bond donors (Lipinski definition) is 2. The zero-order valence-corrected chi connectivity index (χ0v) is 12.8. The molecule has 2 aromatic rings. The number of nitrogen functional groups attached to an aromatic ring is 2. The van der Waals surface area contributed by atoms with E-state index >= 15 is 0 Å². The summed E-state index contributed by atoms with van der Waals surface area (Å²) in [7, 11) is 0. The first-order valence-electron chi connectivity index (χ1n) is 7.26. The van der Waals surface area contributed by atoms with Crippen molar-refractivity contribution in [2.75, 3.05) is 18.1 Å². The fourth-order valence-electron chi connectivity index (χ4n) is 2.06. The van der Waals surface area contributed by atoms with Gasteiger partial charge in [0.15, 0.2) is 0 Å². The van der Waals surface area contributed by atoms with Crippen LogP contribution in [-0.4, -0.2) is 16.6 Å². The highest BCUT2D eigenvalue weighted by Gasteiger charge is 2.15. The number of ether oxygens (including phenoxy) is 1. The fraction of sp³-hybridized carbons (Fsp3) is 0.312. The molecule has 0 unspecified atom stereocenters. The first-order valence-corrected chi connectivity index (χ1v) is 7.26. The Morgan fingerprint density at radius 3 is 2.74 bits per heavy atom. The topological polar surface area (TPSA) is 111 Å². The van der Waals surface area contributed by atoms with Crippen LogP contribution >= 0.6 is 0 Å². The molecule has 0 bridgehead atoms. The van der Waals surface area contributed by atoms with E-state index in [0.717, 1.165) is 12.8 Å². The maximum Gasteiger partial charge on any atom is 0.222 e. The summed E-state index contributed by atoms with van der Waals surface area (Å²) >= 11 is 0. The number of nitrogens with zero attached hydrogens (tertiary/aromatic N) is 3. The van der Waals surface area contributed by atoms with Crippen molar-refractivity contribution in [2.24, 2.45) is 0 Å². The van der Waals surface area contributed by atoms with Crippen LogP contribution in [-0.2, 0) is 11.3 Å². The summed E-state index contributed by atoms with van der Waals surface area (Å²) in [6.07, 6.45) is 1.96. The van der Waals surface area contributed by atoms with Crippen molar-refractivity contribution in [2.45, 2.75) is 26.4 Å². The number of nitrogens with two attached hydrogens (primary N) is 2. The van der Waals surface area contributed by atoms with Crippen molar-refractivity contribution < 1.29 is 9.13 Å². The van der Waals surface area contributed by atoms with Crippen LogP contribution in [0.1, 0.15) is 30.9 Å². The second-order valence-electron chi connectivity index (χ2n) is 5.01. The highest BCUT2D eigenvalue weighted by atomic mass is 19.1. The minimum absolute atomic E-state index is 0.0256. The molecule has 6 nitrogen and oxygen atoms in total. The summed E-state index contributed by atoms with van der Waals surface area (Å²) in [5.74, 6) is -0.523. The van der Waals surface area contributed by atoms with Gasteiger partial charge in [-0.1, -0.05) is 25.5 Å². The fourth-order valence-corrected chi connectivity index (χ4v) is 2.06. The number of hydrogen-bond acceptors (Lipinski definition) is 6. The molecular weight excluding hydrogens is 297 g/mol. The number of anilines is 2. The normalized spacial score (nSPS) is 10.5. The zero-order valence-electron chi connectivity index (χ0n) is 12.8. The van der Waals surface area contributed by atoms with Gasteiger partial charge in [0.25, 0.3) is 0 Å². The van der Waals surface area contributed by atoms with Crippen molar-refractivity contribution in [1.82, 2.24) is 9.97 Å². The molecule has 0 radical (unpaired) electrons. The van der Waals surface area contributed by atoms with Gasteiger partial charge < -0.3 is 16.2 Å². The van der Waals surface area contributed by atoms with Crippen LogP contribution in [0.3, 0.4) is 0 Å². The number of nitriles is 1. The lowest BCUT2D eigenvalue weighted by atomic mass is 10.0. The maximum atomic E-state index is 14.2. The minimum Gasteiger partial charge on any atom is -0.382 e. The standard InChI is InChI=1S/C16H18FN5O/c1-2-3-6-23-9-11-5-4-10(7-13(11)17)14-12(8-18)15(19)22-16(20)21-14/h4-5,7H,2-3,6,9H2,1H3,(H4,19,20,21,22). The number of halogens is 1. The first-order chi connectivity index (χ1) is 11.1.